The highest BCUT2D eigenvalue weighted by atomic mass is 15.6. The van der Waals surface area contributed by atoms with Crippen LogP contribution in [0.4, 0.5) is 5.95 Å². The van der Waals surface area contributed by atoms with Gasteiger partial charge >= 0.3 is 0 Å². The lowest BCUT2D eigenvalue weighted by atomic mass is 10.1. The molecule has 1 rings (SSSR count). The Bertz CT molecular complexity index is 219. The number of tetrazole rings is 1. The van der Waals surface area contributed by atoms with Crippen LogP contribution in [-0.2, 0) is 6.54 Å². The second-order valence-corrected chi connectivity index (χ2v) is 2.73. The molecule has 0 spiro atoms. The average molecular weight is 155 g/mol. The minimum atomic E-state index is 0.394. The standard InChI is InChI=1S/C6H13N5/c1-3-5(2)4-11-6(7)8-9-10-11/h5H,3-4H2,1-2H3,(H2,7,8,10). The first-order valence-electron chi connectivity index (χ1n) is 3.75. The van der Waals surface area contributed by atoms with E-state index in [1.54, 1.807) is 4.68 Å². The molecule has 0 saturated heterocycles. The van der Waals surface area contributed by atoms with E-state index >= 15 is 0 Å². The summed E-state index contributed by atoms with van der Waals surface area (Å²) in [6.07, 6.45) is 1.11. The zero-order valence-corrected chi connectivity index (χ0v) is 6.86. The maximum absolute atomic E-state index is 5.47. The highest BCUT2D eigenvalue weighted by molar-refractivity contribution is 5.09. The summed E-state index contributed by atoms with van der Waals surface area (Å²) in [6.45, 7) is 5.07. The largest absolute Gasteiger partial charge is 0.367 e. The number of aromatic nitrogens is 4. The van der Waals surface area contributed by atoms with Crippen molar-refractivity contribution in [2.24, 2.45) is 5.92 Å². The van der Waals surface area contributed by atoms with E-state index in [0.717, 1.165) is 13.0 Å². The number of anilines is 1. The van der Waals surface area contributed by atoms with Gasteiger partial charge in [-0.05, 0) is 16.3 Å². The van der Waals surface area contributed by atoms with Crippen molar-refractivity contribution in [1.29, 1.82) is 0 Å². The van der Waals surface area contributed by atoms with Gasteiger partial charge in [-0.25, -0.2) is 4.68 Å². The van der Waals surface area contributed by atoms with Crippen LogP contribution in [-0.4, -0.2) is 20.2 Å². The van der Waals surface area contributed by atoms with Crippen molar-refractivity contribution in [2.45, 2.75) is 26.8 Å². The van der Waals surface area contributed by atoms with Gasteiger partial charge in [-0.15, -0.1) is 0 Å². The van der Waals surface area contributed by atoms with Gasteiger partial charge < -0.3 is 5.73 Å². The smallest absolute Gasteiger partial charge is 0.240 e. The first kappa shape index (κ1) is 7.97. The number of hydrogen-bond donors (Lipinski definition) is 1. The molecule has 2 N–H and O–H groups in total. The molecule has 1 atom stereocenters. The Morgan fingerprint density at radius 3 is 2.82 bits per heavy atom. The first-order valence-corrected chi connectivity index (χ1v) is 3.75. The molecule has 11 heavy (non-hydrogen) atoms. The number of rotatable bonds is 3. The van der Waals surface area contributed by atoms with E-state index in [1.165, 1.54) is 0 Å². The molecule has 0 radical (unpaired) electrons. The van der Waals surface area contributed by atoms with Crippen LogP contribution in [0.25, 0.3) is 0 Å². The van der Waals surface area contributed by atoms with Crippen LogP contribution < -0.4 is 5.73 Å². The van der Waals surface area contributed by atoms with Crippen molar-refractivity contribution in [3.63, 3.8) is 0 Å². The summed E-state index contributed by atoms with van der Waals surface area (Å²) in [6, 6.07) is 0. The third kappa shape index (κ3) is 1.89. The molecule has 1 aromatic heterocycles. The van der Waals surface area contributed by atoms with Crippen LogP contribution in [0.2, 0.25) is 0 Å². The monoisotopic (exact) mass is 155 g/mol. The van der Waals surface area contributed by atoms with Crippen molar-refractivity contribution in [2.75, 3.05) is 5.73 Å². The highest BCUT2D eigenvalue weighted by Gasteiger charge is 2.04. The van der Waals surface area contributed by atoms with Gasteiger partial charge in [0.25, 0.3) is 0 Å². The molecule has 1 aromatic rings. The van der Waals surface area contributed by atoms with Crippen molar-refractivity contribution in [1.82, 2.24) is 20.2 Å². The Hall–Kier alpha value is -1.13. The van der Waals surface area contributed by atoms with Gasteiger partial charge in [0.1, 0.15) is 0 Å². The van der Waals surface area contributed by atoms with E-state index in [2.05, 4.69) is 29.4 Å². The van der Waals surface area contributed by atoms with Crippen LogP contribution in [0.15, 0.2) is 0 Å². The molecule has 0 aliphatic rings. The molecule has 62 valence electrons. The minimum absolute atomic E-state index is 0.394. The summed E-state index contributed by atoms with van der Waals surface area (Å²) in [4.78, 5) is 0. The van der Waals surface area contributed by atoms with Crippen molar-refractivity contribution in [3.05, 3.63) is 0 Å². The molecule has 0 fully saturated rings. The molecule has 0 amide bonds. The Morgan fingerprint density at radius 2 is 2.36 bits per heavy atom. The van der Waals surface area contributed by atoms with Crippen LogP contribution in [0.1, 0.15) is 20.3 Å². The van der Waals surface area contributed by atoms with Crippen molar-refractivity contribution < 1.29 is 0 Å². The first-order chi connectivity index (χ1) is 5.24. The lowest BCUT2D eigenvalue weighted by molar-refractivity contribution is 0.435. The normalized spacial score (nSPS) is 13.3. The molecule has 1 unspecified atom stereocenters. The highest BCUT2D eigenvalue weighted by Crippen LogP contribution is 2.04. The van der Waals surface area contributed by atoms with E-state index in [1.807, 2.05) is 0 Å². The zero-order valence-electron chi connectivity index (χ0n) is 6.86. The maximum Gasteiger partial charge on any atom is 0.240 e. The zero-order chi connectivity index (χ0) is 8.27. The average Bonchev–Trinajstić information content (AvgIpc) is 2.37. The van der Waals surface area contributed by atoms with E-state index in [-0.39, 0.29) is 0 Å². The lowest BCUT2D eigenvalue weighted by Crippen LogP contribution is -2.11. The van der Waals surface area contributed by atoms with E-state index in [9.17, 15) is 0 Å². The van der Waals surface area contributed by atoms with E-state index in [0.29, 0.717) is 11.9 Å². The molecule has 1 heterocycles. The Labute approximate surface area is 65.6 Å². The third-order valence-electron chi connectivity index (χ3n) is 1.74. The van der Waals surface area contributed by atoms with Crippen LogP contribution in [0, 0.1) is 5.92 Å². The Morgan fingerprint density at radius 1 is 1.64 bits per heavy atom. The van der Waals surface area contributed by atoms with Crippen molar-refractivity contribution in [3.8, 4) is 0 Å². The quantitative estimate of drug-likeness (QED) is 0.681. The van der Waals surface area contributed by atoms with Gasteiger partial charge in [0.2, 0.25) is 5.95 Å². The number of nitrogens with two attached hydrogens (primary N) is 1. The van der Waals surface area contributed by atoms with E-state index < -0.39 is 0 Å². The predicted octanol–water partition coefficient (Wildman–Crippen LogP) is 0.301. The molecular formula is C6H13N5. The molecule has 5 nitrogen and oxygen atoms in total. The van der Waals surface area contributed by atoms with Gasteiger partial charge in [-0.3, -0.25) is 0 Å². The van der Waals surface area contributed by atoms with E-state index in [4.69, 9.17) is 5.73 Å². The molecular weight excluding hydrogens is 142 g/mol. The SMILES string of the molecule is CCC(C)Cn1nnnc1N. The fourth-order valence-electron chi connectivity index (χ4n) is 0.766. The minimum Gasteiger partial charge on any atom is -0.367 e. The molecule has 0 bridgehead atoms. The van der Waals surface area contributed by atoms with Crippen LogP contribution in [0.5, 0.6) is 0 Å². The van der Waals surface area contributed by atoms with Gasteiger partial charge in [0.05, 0.1) is 0 Å². The molecule has 0 aromatic carbocycles. The van der Waals surface area contributed by atoms with Gasteiger partial charge in [-0.1, -0.05) is 25.4 Å². The molecule has 0 saturated carbocycles. The number of hydrogen-bond acceptors (Lipinski definition) is 4. The third-order valence-corrected chi connectivity index (χ3v) is 1.74. The summed E-state index contributed by atoms with van der Waals surface area (Å²) in [5.41, 5.74) is 5.47. The van der Waals surface area contributed by atoms with Crippen LogP contribution in [0.3, 0.4) is 0 Å². The molecule has 0 aliphatic carbocycles. The second kappa shape index (κ2) is 3.32. The predicted molar refractivity (Wildman–Crippen MR) is 41.7 cm³/mol. The maximum atomic E-state index is 5.47. The summed E-state index contributed by atoms with van der Waals surface area (Å²) >= 11 is 0. The molecule has 0 aliphatic heterocycles. The number of nitrogen functional groups attached to an aromatic ring is 1. The topological polar surface area (TPSA) is 69.6 Å². The lowest BCUT2D eigenvalue weighted by Gasteiger charge is -2.06. The summed E-state index contributed by atoms with van der Waals surface area (Å²) in [5, 5.41) is 10.8. The number of nitrogens with zero attached hydrogens (tertiary/aromatic N) is 4. The Balaban J connectivity index is 2.56. The fourth-order valence-corrected chi connectivity index (χ4v) is 0.766. The van der Waals surface area contributed by atoms with Crippen molar-refractivity contribution >= 4 is 5.95 Å². The Kier molecular flexibility index (Phi) is 2.40. The summed E-state index contributed by atoms with van der Waals surface area (Å²) in [7, 11) is 0. The summed E-state index contributed by atoms with van der Waals surface area (Å²) < 4.78 is 1.62. The summed E-state index contributed by atoms with van der Waals surface area (Å²) in [5.74, 6) is 0.964. The second-order valence-electron chi connectivity index (χ2n) is 2.73. The fraction of sp³-hybridized carbons (Fsp3) is 0.833. The van der Waals surface area contributed by atoms with Crippen LogP contribution >= 0.6 is 0 Å². The van der Waals surface area contributed by atoms with Gasteiger partial charge in [0.15, 0.2) is 0 Å². The molecule has 5 heteroatoms. The van der Waals surface area contributed by atoms with Gasteiger partial charge in [-0.2, -0.15) is 0 Å². The van der Waals surface area contributed by atoms with Gasteiger partial charge in [0, 0.05) is 6.54 Å².